The number of aromatic nitrogens is 1. The predicted octanol–water partition coefficient (Wildman–Crippen LogP) is 5.73. The molecule has 11 nitrogen and oxygen atoms in total. The number of hydrogen-bond acceptors (Lipinski definition) is 6. The van der Waals surface area contributed by atoms with Gasteiger partial charge in [-0.3, -0.25) is 14.4 Å². The summed E-state index contributed by atoms with van der Waals surface area (Å²) in [5.74, 6) is -0.871. The van der Waals surface area contributed by atoms with Gasteiger partial charge in [0.15, 0.2) is 0 Å². The van der Waals surface area contributed by atoms with Crippen LogP contribution >= 0.6 is 0 Å². The van der Waals surface area contributed by atoms with E-state index in [2.05, 4.69) is 26.3 Å². The van der Waals surface area contributed by atoms with Crippen LogP contribution in [-0.2, 0) is 45.1 Å². The third-order valence-corrected chi connectivity index (χ3v) is 8.41. The van der Waals surface area contributed by atoms with Crippen molar-refractivity contribution in [1.82, 2.24) is 26.3 Å². The van der Waals surface area contributed by atoms with E-state index in [4.69, 9.17) is 9.47 Å². The summed E-state index contributed by atoms with van der Waals surface area (Å²) in [6, 6.07) is 31.2. The first-order valence-corrected chi connectivity index (χ1v) is 17.7. The number of amides is 4. The van der Waals surface area contributed by atoms with Gasteiger partial charge in [0.05, 0.1) is 0 Å². The second-order valence-corrected chi connectivity index (χ2v) is 13.9. The molecular formula is C42H47N5O6. The summed E-state index contributed by atoms with van der Waals surface area (Å²) in [4.78, 5) is 56.9. The second-order valence-electron chi connectivity index (χ2n) is 13.9. The van der Waals surface area contributed by atoms with Crippen molar-refractivity contribution in [2.75, 3.05) is 0 Å². The van der Waals surface area contributed by atoms with Gasteiger partial charge in [-0.25, -0.2) is 4.79 Å². The quantitative estimate of drug-likeness (QED) is 0.0934. The summed E-state index contributed by atoms with van der Waals surface area (Å²) in [6.07, 6.45) is 1.38. The predicted molar refractivity (Wildman–Crippen MR) is 204 cm³/mol. The number of para-hydroxylation sites is 1. The molecule has 0 aliphatic rings. The van der Waals surface area contributed by atoms with Crippen LogP contribution in [0.15, 0.2) is 115 Å². The summed E-state index contributed by atoms with van der Waals surface area (Å²) in [6.45, 7) is 7.40. The third kappa shape index (κ3) is 11.7. The Morgan fingerprint density at radius 3 is 1.96 bits per heavy atom. The lowest BCUT2D eigenvalue weighted by molar-refractivity contribution is -0.132. The maximum atomic E-state index is 13.7. The zero-order valence-corrected chi connectivity index (χ0v) is 30.5. The van der Waals surface area contributed by atoms with Crippen molar-refractivity contribution in [2.24, 2.45) is 0 Å². The Hall–Kier alpha value is -6.10. The monoisotopic (exact) mass is 717 g/mol. The number of rotatable bonds is 15. The van der Waals surface area contributed by atoms with Gasteiger partial charge in [-0.1, -0.05) is 91.0 Å². The zero-order chi connectivity index (χ0) is 37.8. The molecule has 4 aromatic carbocycles. The van der Waals surface area contributed by atoms with Gasteiger partial charge in [-0.2, -0.15) is 0 Å². The molecule has 0 aliphatic heterocycles. The summed E-state index contributed by atoms with van der Waals surface area (Å²) in [7, 11) is 0. The van der Waals surface area contributed by atoms with Crippen LogP contribution in [0.2, 0.25) is 0 Å². The Morgan fingerprint density at radius 2 is 1.28 bits per heavy atom. The SMILES string of the molecule is C[C@H](NC(=O)[C@H](Cc1ccc(OCc2ccccc2)cc1)NC(=O)OC(C)(C)C)C(=O)N[C@@H](Cc1c[nH]c2ccccc12)C(=O)NCc1ccccc1. The normalized spacial score (nSPS) is 12.9. The highest BCUT2D eigenvalue weighted by atomic mass is 16.6. The van der Waals surface area contributed by atoms with E-state index < -0.39 is 41.6 Å². The fraction of sp³-hybridized carbons (Fsp3) is 0.286. The number of benzene rings is 4. The van der Waals surface area contributed by atoms with Crippen molar-refractivity contribution >= 4 is 34.7 Å². The molecule has 0 spiro atoms. The highest BCUT2D eigenvalue weighted by molar-refractivity contribution is 5.94. The second kappa shape index (κ2) is 17.9. The van der Waals surface area contributed by atoms with Crippen molar-refractivity contribution in [3.05, 3.63) is 138 Å². The molecule has 1 heterocycles. The molecule has 1 aromatic heterocycles. The van der Waals surface area contributed by atoms with Gasteiger partial charge in [0, 0.05) is 36.5 Å². The number of ether oxygens (including phenoxy) is 2. The van der Waals surface area contributed by atoms with Crippen LogP contribution in [0.5, 0.6) is 5.75 Å². The van der Waals surface area contributed by atoms with Gasteiger partial charge in [0.25, 0.3) is 0 Å². The van der Waals surface area contributed by atoms with Crippen molar-refractivity contribution in [1.29, 1.82) is 0 Å². The van der Waals surface area contributed by atoms with Gasteiger partial charge in [-0.05, 0) is 68.1 Å². The summed E-state index contributed by atoms with van der Waals surface area (Å²) in [5.41, 5.74) is 3.67. The Bertz CT molecular complexity index is 1970. The minimum atomic E-state index is -1.08. The van der Waals surface area contributed by atoms with Crippen molar-refractivity contribution in [3.8, 4) is 5.75 Å². The molecule has 0 unspecified atom stereocenters. The molecule has 0 aliphatic carbocycles. The molecule has 0 fully saturated rings. The maximum absolute atomic E-state index is 13.7. The molecular weight excluding hydrogens is 670 g/mol. The third-order valence-electron chi connectivity index (χ3n) is 8.41. The van der Waals surface area contributed by atoms with Crippen LogP contribution in [-0.4, -0.2) is 52.5 Å². The highest BCUT2D eigenvalue weighted by Crippen LogP contribution is 2.20. The smallest absolute Gasteiger partial charge is 0.408 e. The number of nitrogens with one attached hydrogen (secondary N) is 5. The number of fused-ring (bicyclic) bond motifs is 1. The molecule has 3 atom stereocenters. The van der Waals surface area contributed by atoms with Gasteiger partial charge in [0.2, 0.25) is 17.7 Å². The number of hydrogen-bond donors (Lipinski definition) is 5. The lowest BCUT2D eigenvalue weighted by Crippen LogP contribution is -2.56. The Balaban J connectivity index is 1.26. The largest absolute Gasteiger partial charge is 0.489 e. The first-order valence-electron chi connectivity index (χ1n) is 17.7. The van der Waals surface area contributed by atoms with E-state index >= 15 is 0 Å². The average Bonchev–Trinajstić information content (AvgIpc) is 3.55. The van der Waals surface area contributed by atoms with Crippen LogP contribution in [0.3, 0.4) is 0 Å². The molecule has 276 valence electrons. The topological polar surface area (TPSA) is 151 Å². The molecule has 0 radical (unpaired) electrons. The molecule has 0 bridgehead atoms. The van der Waals surface area contributed by atoms with Crippen LogP contribution in [0.1, 0.15) is 49.9 Å². The Labute approximate surface area is 309 Å². The number of aromatic amines is 1. The first kappa shape index (κ1) is 38.1. The molecule has 0 saturated carbocycles. The zero-order valence-electron chi connectivity index (χ0n) is 30.5. The highest BCUT2D eigenvalue weighted by Gasteiger charge is 2.29. The lowest BCUT2D eigenvalue weighted by Gasteiger charge is -2.25. The van der Waals surface area contributed by atoms with Gasteiger partial charge < -0.3 is 35.7 Å². The maximum Gasteiger partial charge on any atom is 0.408 e. The number of H-pyrrole nitrogens is 1. The standard InChI is InChI=1S/C42H47N5O6/c1-28(38(48)46-37(39(49)44-25-30-13-7-5-8-14-30)24-32-26-43-35-18-12-11-17-34(32)35)45-40(50)36(47-41(51)53-42(2,3)4)23-29-19-21-33(22-20-29)52-27-31-15-9-6-10-16-31/h5-22,26,28,36-37,43H,23-25,27H2,1-4H3,(H,44,49)(H,45,50)(H,46,48)(H,47,51)/t28-,36-,37-/m0/s1. The fourth-order valence-corrected chi connectivity index (χ4v) is 5.67. The van der Waals surface area contributed by atoms with Crippen LogP contribution < -0.4 is 26.0 Å². The molecule has 4 amide bonds. The summed E-state index contributed by atoms with van der Waals surface area (Å²) in [5, 5.41) is 12.1. The fourth-order valence-electron chi connectivity index (χ4n) is 5.67. The van der Waals surface area contributed by atoms with E-state index in [0.29, 0.717) is 12.4 Å². The van der Waals surface area contributed by atoms with Crippen LogP contribution in [0.4, 0.5) is 4.79 Å². The molecule has 11 heteroatoms. The van der Waals surface area contributed by atoms with Gasteiger partial charge >= 0.3 is 6.09 Å². The van der Waals surface area contributed by atoms with E-state index in [0.717, 1.165) is 33.2 Å². The van der Waals surface area contributed by atoms with E-state index in [1.54, 1.807) is 32.9 Å². The van der Waals surface area contributed by atoms with Crippen LogP contribution in [0, 0.1) is 0 Å². The van der Waals surface area contributed by atoms with E-state index in [-0.39, 0.29) is 25.3 Å². The van der Waals surface area contributed by atoms with Crippen molar-refractivity contribution in [2.45, 2.75) is 77.4 Å². The molecule has 53 heavy (non-hydrogen) atoms. The van der Waals surface area contributed by atoms with Crippen LogP contribution in [0.25, 0.3) is 10.9 Å². The number of carbonyl (C=O) groups is 4. The van der Waals surface area contributed by atoms with E-state index in [1.807, 2.05) is 103 Å². The Morgan fingerprint density at radius 1 is 0.660 bits per heavy atom. The molecule has 5 aromatic rings. The van der Waals surface area contributed by atoms with Crippen molar-refractivity contribution < 1.29 is 28.7 Å². The van der Waals surface area contributed by atoms with E-state index in [1.165, 1.54) is 6.92 Å². The van der Waals surface area contributed by atoms with Gasteiger partial charge in [-0.15, -0.1) is 0 Å². The summed E-state index contributed by atoms with van der Waals surface area (Å²) < 4.78 is 11.3. The number of carbonyl (C=O) groups excluding carboxylic acids is 4. The van der Waals surface area contributed by atoms with E-state index in [9.17, 15) is 19.2 Å². The molecule has 0 saturated heterocycles. The minimum Gasteiger partial charge on any atom is -0.489 e. The van der Waals surface area contributed by atoms with Gasteiger partial charge in [0.1, 0.15) is 36.1 Å². The summed E-state index contributed by atoms with van der Waals surface area (Å²) >= 11 is 0. The Kier molecular flexibility index (Phi) is 12.9. The lowest BCUT2D eigenvalue weighted by atomic mass is 10.0. The molecule has 5 N–H and O–H groups in total. The van der Waals surface area contributed by atoms with Crippen molar-refractivity contribution in [3.63, 3.8) is 0 Å². The average molecular weight is 718 g/mol. The minimum absolute atomic E-state index is 0.115. The first-order chi connectivity index (χ1) is 25.4. The molecule has 5 rings (SSSR count). The number of alkyl carbamates (subject to hydrolysis) is 1.